The summed E-state index contributed by atoms with van der Waals surface area (Å²) in [5.41, 5.74) is 0. The van der Waals surface area contributed by atoms with Gasteiger partial charge in [0.05, 0.1) is 6.26 Å². The summed E-state index contributed by atoms with van der Waals surface area (Å²) in [6.45, 7) is 0.390. The lowest BCUT2D eigenvalue weighted by Crippen LogP contribution is -1.88. The molecule has 0 heterocycles. The molecule has 0 aromatic carbocycles. The van der Waals surface area contributed by atoms with E-state index in [1.54, 1.807) is 0 Å². The molecular formula is C5H14O5S. The fraction of sp³-hybridized carbons (Fsp3) is 1.00. The Morgan fingerprint density at radius 3 is 1.36 bits per heavy atom. The molecule has 0 spiro atoms. The molecule has 0 aliphatic heterocycles. The van der Waals surface area contributed by atoms with Gasteiger partial charge in [-0.15, -0.1) is 0 Å². The van der Waals surface area contributed by atoms with Crippen LogP contribution >= 0.6 is 0 Å². The Bertz CT molecular complexity index is 138. The van der Waals surface area contributed by atoms with Gasteiger partial charge in [-0.3, -0.25) is 4.55 Å². The van der Waals surface area contributed by atoms with Crippen molar-refractivity contribution in [1.29, 1.82) is 0 Å². The van der Waals surface area contributed by atoms with E-state index in [0.717, 1.165) is 12.8 Å². The van der Waals surface area contributed by atoms with Gasteiger partial charge in [0.15, 0.2) is 0 Å². The standard InChI is InChI=1S/C4H10O2.CH4O3S/c5-3-1-2-4-6;1-5(2,3)4/h5-6H,1-4H2;1H3,(H,2,3,4). The Kier molecular flexibility index (Phi) is 9.68. The first-order chi connectivity index (χ1) is 4.91. The molecule has 0 unspecified atom stereocenters. The lowest BCUT2D eigenvalue weighted by Gasteiger charge is -1.85. The summed E-state index contributed by atoms with van der Waals surface area (Å²) in [6, 6.07) is 0. The molecule has 11 heavy (non-hydrogen) atoms. The largest absolute Gasteiger partial charge is 0.396 e. The third-order valence-corrected chi connectivity index (χ3v) is 0.566. The van der Waals surface area contributed by atoms with E-state index >= 15 is 0 Å². The maximum atomic E-state index is 9.19. The number of aliphatic hydroxyl groups is 2. The molecule has 0 aromatic rings. The van der Waals surface area contributed by atoms with Crippen molar-refractivity contribution in [3.05, 3.63) is 0 Å². The molecule has 3 N–H and O–H groups in total. The van der Waals surface area contributed by atoms with Crippen LogP contribution in [0.5, 0.6) is 0 Å². The number of hydrogen-bond donors (Lipinski definition) is 3. The van der Waals surface area contributed by atoms with E-state index in [-0.39, 0.29) is 13.2 Å². The van der Waals surface area contributed by atoms with Gasteiger partial charge < -0.3 is 10.2 Å². The second kappa shape index (κ2) is 7.93. The van der Waals surface area contributed by atoms with Gasteiger partial charge in [0.2, 0.25) is 0 Å². The van der Waals surface area contributed by atoms with E-state index in [1.165, 1.54) is 0 Å². The predicted molar refractivity (Wildman–Crippen MR) is 40.9 cm³/mol. The second-order valence-corrected chi connectivity index (χ2v) is 3.35. The highest BCUT2D eigenvalue weighted by Gasteiger charge is 1.81. The van der Waals surface area contributed by atoms with Crippen molar-refractivity contribution in [3.63, 3.8) is 0 Å². The van der Waals surface area contributed by atoms with Gasteiger partial charge >= 0.3 is 0 Å². The van der Waals surface area contributed by atoms with Crippen molar-refractivity contribution in [2.45, 2.75) is 12.8 Å². The molecule has 6 heteroatoms. The highest BCUT2D eigenvalue weighted by atomic mass is 32.2. The highest BCUT2D eigenvalue weighted by molar-refractivity contribution is 7.85. The summed E-state index contributed by atoms with van der Waals surface area (Å²) in [5.74, 6) is 0. The number of rotatable bonds is 3. The zero-order valence-electron chi connectivity index (χ0n) is 6.39. The van der Waals surface area contributed by atoms with Crippen molar-refractivity contribution in [3.8, 4) is 0 Å². The molecule has 70 valence electrons. The molecule has 0 aliphatic carbocycles. The van der Waals surface area contributed by atoms with Crippen molar-refractivity contribution in [1.82, 2.24) is 0 Å². The van der Waals surface area contributed by atoms with Gasteiger partial charge in [-0.2, -0.15) is 8.42 Å². The van der Waals surface area contributed by atoms with Crippen LogP contribution in [0.25, 0.3) is 0 Å². The summed E-state index contributed by atoms with van der Waals surface area (Å²) in [7, 11) is -3.67. The van der Waals surface area contributed by atoms with E-state index in [0.29, 0.717) is 6.26 Å². The first-order valence-electron chi connectivity index (χ1n) is 3.06. The fourth-order valence-electron chi connectivity index (χ4n) is 0.224. The van der Waals surface area contributed by atoms with Crippen LogP contribution in [0.3, 0.4) is 0 Å². The monoisotopic (exact) mass is 186 g/mol. The van der Waals surface area contributed by atoms with E-state index in [9.17, 15) is 8.42 Å². The Balaban J connectivity index is 0. The van der Waals surface area contributed by atoms with Crippen molar-refractivity contribution in [2.75, 3.05) is 19.5 Å². The lowest BCUT2D eigenvalue weighted by atomic mass is 10.3. The van der Waals surface area contributed by atoms with Crippen molar-refractivity contribution >= 4 is 10.1 Å². The fourth-order valence-corrected chi connectivity index (χ4v) is 0.224. The van der Waals surface area contributed by atoms with Gasteiger partial charge in [-0.1, -0.05) is 0 Å². The Morgan fingerprint density at radius 2 is 1.27 bits per heavy atom. The van der Waals surface area contributed by atoms with E-state index in [4.69, 9.17) is 14.8 Å². The maximum Gasteiger partial charge on any atom is 0.261 e. The van der Waals surface area contributed by atoms with Crippen LogP contribution in [0.4, 0.5) is 0 Å². The molecule has 0 saturated carbocycles. The molecule has 0 aliphatic rings. The highest BCUT2D eigenvalue weighted by Crippen LogP contribution is 1.80. The van der Waals surface area contributed by atoms with E-state index in [1.807, 2.05) is 0 Å². The predicted octanol–water partition coefficient (Wildman–Crippen LogP) is -0.745. The molecule has 0 saturated heterocycles. The van der Waals surface area contributed by atoms with E-state index < -0.39 is 10.1 Å². The topological polar surface area (TPSA) is 94.8 Å². The minimum Gasteiger partial charge on any atom is -0.396 e. The average Bonchev–Trinajstić information content (AvgIpc) is 1.79. The van der Waals surface area contributed by atoms with Crippen LogP contribution in [0.1, 0.15) is 12.8 Å². The lowest BCUT2D eigenvalue weighted by molar-refractivity contribution is 0.242. The zero-order chi connectivity index (χ0) is 9.33. The molecule has 0 bridgehead atoms. The SMILES string of the molecule is CS(=O)(=O)O.OCCCCO. The van der Waals surface area contributed by atoms with Crippen LogP contribution in [-0.4, -0.2) is 42.7 Å². The summed E-state index contributed by atoms with van der Waals surface area (Å²) in [4.78, 5) is 0. The van der Waals surface area contributed by atoms with Crippen LogP contribution in [0.15, 0.2) is 0 Å². The summed E-state index contributed by atoms with van der Waals surface area (Å²) in [6.07, 6.45) is 2.15. The van der Waals surface area contributed by atoms with Crippen molar-refractivity contribution in [2.24, 2.45) is 0 Å². The van der Waals surface area contributed by atoms with Crippen LogP contribution < -0.4 is 0 Å². The van der Waals surface area contributed by atoms with Gasteiger partial charge in [0.1, 0.15) is 0 Å². The summed E-state index contributed by atoms with van der Waals surface area (Å²) < 4.78 is 25.9. The molecule has 0 aromatic heterocycles. The van der Waals surface area contributed by atoms with Gasteiger partial charge in [0, 0.05) is 13.2 Å². The third kappa shape index (κ3) is 75.2. The summed E-state index contributed by atoms with van der Waals surface area (Å²) >= 11 is 0. The molecule has 0 fully saturated rings. The van der Waals surface area contributed by atoms with Crippen LogP contribution in [0.2, 0.25) is 0 Å². The Morgan fingerprint density at radius 1 is 1.09 bits per heavy atom. The first kappa shape index (κ1) is 13.4. The van der Waals surface area contributed by atoms with Gasteiger partial charge in [-0.05, 0) is 12.8 Å². The summed E-state index contributed by atoms with van der Waals surface area (Å²) in [5, 5.41) is 16.2. The van der Waals surface area contributed by atoms with Gasteiger partial charge in [-0.25, -0.2) is 0 Å². The molecule has 0 radical (unpaired) electrons. The average molecular weight is 186 g/mol. The first-order valence-corrected chi connectivity index (χ1v) is 4.90. The van der Waals surface area contributed by atoms with Gasteiger partial charge in [0.25, 0.3) is 10.1 Å². The maximum absolute atomic E-state index is 9.19. The third-order valence-electron chi connectivity index (χ3n) is 0.566. The smallest absolute Gasteiger partial charge is 0.261 e. The Hall–Kier alpha value is -0.170. The number of unbranched alkanes of at least 4 members (excludes halogenated alkanes) is 1. The quantitative estimate of drug-likeness (QED) is 0.398. The van der Waals surface area contributed by atoms with E-state index in [2.05, 4.69) is 0 Å². The van der Waals surface area contributed by atoms with Crippen LogP contribution in [0, 0.1) is 0 Å². The number of aliphatic hydroxyl groups excluding tert-OH is 2. The minimum absolute atomic E-state index is 0.195. The number of hydrogen-bond acceptors (Lipinski definition) is 4. The molecule has 0 rings (SSSR count). The molecule has 5 nitrogen and oxygen atoms in total. The minimum atomic E-state index is -3.67. The van der Waals surface area contributed by atoms with Crippen LogP contribution in [-0.2, 0) is 10.1 Å². The molecular weight excluding hydrogens is 172 g/mol. The zero-order valence-corrected chi connectivity index (χ0v) is 7.21. The molecule has 0 amide bonds. The van der Waals surface area contributed by atoms with Crippen molar-refractivity contribution < 1.29 is 23.2 Å². The Labute approximate surface area is 66.4 Å². The molecule has 0 atom stereocenters. The normalized spacial score (nSPS) is 10.2. The second-order valence-electron chi connectivity index (χ2n) is 1.89.